The third kappa shape index (κ3) is 2.96. The molecule has 0 atom stereocenters. The van der Waals surface area contributed by atoms with Crippen molar-refractivity contribution >= 4 is 23.2 Å². The molecule has 0 saturated carbocycles. The van der Waals surface area contributed by atoms with E-state index >= 15 is 0 Å². The minimum absolute atomic E-state index is 0.448. The van der Waals surface area contributed by atoms with Crippen LogP contribution >= 0.6 is 23.2 Å². The summed E-state index contributed by atoms with van der Waals surface area (Å²) in [4.78, 5) is -0.448. The van der Waals surface area contributed by atoms with Crippen LogP contribution in [0.4, 0.5) is 0 Å². The molecule has 0 radical (unpaired) electrons. The van der Waals surface area contributed by atoms with Crippen molar-refractivity contribution in [2.45, 2.75) is 45.4 Å². The van der Waals surface area contributed by atoms with Gasteiger partial charge in [-0.3, -0.25) is 0 Å². The molecule has 17 heavy (non-hydrogen) atoms. The quantitative estimate of drug-likeness (QED) is 0.814. The van der Waals surface area contributed by atoms with Gasteiger partial charge in [0.1, 0.15) is 4.84 Å². The Morgan fingerprint density at radius 1 is 0.941 bits per heavy atom. The lowest BCUT2D eigenvalue weighted by Crippen LogP contribution is -2.08. The SMILES string of the molecule is Cc1c(C)c(C(Cl)Cl)c(C)c(C)c1CCCN. The summed E-state index contributed by atoms with van der Waals surface area (Å²) in [5.74, 6) is 0. The fourth-order valence-corrected chi connectivity index (χ4v) is 3.05. The summed E-state index contributed by atoms with van der Waals surface area (Å²) in [6.07, 6.45) is 2.05. The summed E-state index contributed by atoms with van der Waals surface area (Å²) in [5.41, 5.74) is 13.1. The van der Waals surface area contributed by atoms with Gasteiger partial charge in [-0.15, -0.1) is 23.2 Å². The Kier molecular flexibility index (Phi) is 5.30. The van der Waals surface area contributed by atoms with Crippen molar-refractivity contribution in [1.82, 2.24) is 0 Å². The molecule has 0 aliphatic heterocycles. The Bertz CT molecular complexity index is 382. The van der Waals surface area contributed by atoms with Crippen LogP contribution in [0.3, 0.4) is 0 Å². The number of hydrogen-bond acceptors (Lipinski definition) is 1. The lowest BCUT2D eigenvalue weighted by Gasteiger charge is -2.21. The molecular formula is C14H21Cl2N. The monoisotopic (exact) mass is 273 g/mol. The average molecular weight is 274 g/mol. The Labute approximate surface area is 114 Å². The van der Waals surface area contributed by atoms with Crippen LogP contribution in [0.1, 0.15) is 44.6 Å². The normalized spacial score (nSPS) is 11.3. The number of alkyl halides is 2. The summed E-state index contributed by atoms with van der Waals surface area (Å²) < 4.78 is 0. The van der Waals surface area contributed by atoms with E-state index in [4.69, 9.17) is 28.9 Å². The lowest BCUT2D eigenvalue weighted by atomic mass is 9.87. The minimum atomic E-state index is -0.448. The molecule has 1 nitrogen and oxygen atoms in total. The molecule has 0 bridgehead atoms. The average Bonchev–Trinajstić information content (AvgIpc) is 2.26. The van der Waals surface area contributed by atoms with E-state index in [-0.39, 0.29) is 0 Å². The standard InChI is InChI=1S/C14H21Cl2N/c1-8-10(3)13(14(15)16)11(4)9(2)12(8)6-5-7-17/h14H,5-7,17H2,1-4H3. The van der Waals surface area contributed by atoms with Crippen LogP contribution in [0.5, 0.6) is 0 Å². The molecule has 1 rings (SSSR count). The van der Waals surface area contributed by atoms with Gasteiger partial charge in [-0.05, 0) is 80.5 Å². The minimum Gasteiger partial charge on any atom is -0.330 e. The highest BCUT2D eigenvalue weighted by molar-refractivity contribution is 6.44. The van der Waals surface area contributed by atoms with Gasteiger partial charge in [-0.2, -0.15) is 0 Å². The molecule has 3 heteroatoms. The molecule has 0 amide bonds. The number of nitrogens with two attached hydrogens (primary N) is 1. The van der Waals surface area contributed by atoms with Gasteiger partial charge in [-0.1, -0.05) is 0 Å². The van der Waals surface area contributed by atoms with Gasteiger partial charge in [0.25, 0.3) is 0 Å². The number of rotatable bonds is 4. The number of benzene rings is 1. The molecular weight excluding hydrogens is 253 g/mol. The highest BCUT2D eigenvalue weighted by atomic mass is 35.5. The summed E-state index contributed by atoms with van der Waals surface area (Å²) in [7, 11) is 0. The summed E-state index contributed by atoms with van der Waals surface area (Å²) in [5, 5.41) is 0. The maximum Gasteiger partial charge on any atom is 0.133 e. The largest absolute Gasteiger partial charge is 0.330 e. The first-order valence-corrected chi connectivity index (χ1v) is 6.86. The Hall–Kier alpha value is -0.240. The second-order valence-electron chi connectivity index (χ2n) is 4.59. The first kappa shape index (κ1) is 14.8. The van der Waals surface area contributed by atoms with Crippen LogP contribution in [0, 0.1) is 27.7 Å². The van der Waals surface area contributed by atoms with Gasteiger partial charge in [0.05, 0.1) is 0 Å². The smallest absolute Gasteiger partial charge is 0.133 e. The third-order valence-corrected chi connectivity index (χ3v) is 4.12. The van der Waals surface area contributed by atoms with Crippen molar-refractivity contribution in [3.05, 3.63) is 33.4 Å². The predicted octanol–water partition coefficient (Wildman–Crippen LogP) is 4.29. The zero-order valence-electron chi connectivity index (χ0n) is 11.0. The first-order chi connectivity index (χ1) is 7.91. The molecule has 0 aliphatic carbocycles. The van der Waals surface area contributed by atoms with Gasteiger partial charge in [0, 0.05) is 0 Å². The molecule has 0 saturated heterocycles. The van der Waals surface area contributed by atoms with E-state index in [2.05, 4.69) is 27.7 Å². The third-order valence-electron chi connectivity index (χ3n) is 3.69. The van der Waals surface area contributed by atoms with Gasteiger partial charge in [0.15, 0.2) is 0 Å². The van der Waals surface area contributed by atoms with Gasteiger partial charge in [0.2, 0.25) is 0 Å². The van der Waals surface area contributed by atoms with E-state index in [0.29, 0.717) is 0 Å². The maximum atomic E-state index is 6.06. The molecule has 1 aromatic rings. The van der Waals surface area contributed by atoms with Gasteiger partial charge >= 0.3 is 0 Å². The second kappa shape index (κ2) is 6.08. The maximum absolute atomic E-state index is 6.06. The number of halogens is 2. The Balaban J connectivity index is 3.36. The van der Waals surface area contributed by atoms with E-state index in [1.807, 2.05) is 0 Å². The zero-order valence-corrected chi connectivity index (χ0v) is 12.5. The van der Waals surface area contributed by atoms with E-state index in [0.717, 1.165) is 24.9 Å². The van der Waals surface area contributed by atoms with E-state index in [9.17, 15) is 0 Å². The fraction of sp³-hybridized carbons (Fsp3) is 0.571. The van der Waals surface area contributed by atoms with Crippen LogP contribution < -0.4 is 5.73 Å². The van der Waals surface area contributed by atoms with Crippen LogP contribution in [0.25, 0.3) is 0 Å². The predicted molar refractivity (Wildman–Crippen MR) is 77.2 cm³/mol. The summed E-state index contributed by atoms with van der Waals surface area (Å²) in [6, 6.07) is 0. The van der Waals surface area contributed by atoms with Crippen LogP contribution in [-0.4, -0.2) is 6.54 Å². The first-order valence-electron chi connectivity index (χ1n) is 5.99. The van der Waals surface area contributed by atoms with Gasteiger partial charge < -0.3 is 5.73 Å². The van der Waals surface area contributed by atoms with Crippen molar-refractivity contribution in [2.24, 2.45) is 5.73 Å². The Morgan fingerprint density at radius 3 is 1.76 bits per heavy atom. The molecule has 0 fully saturated rings. The molecule has 0 spiro atoms. The molecule has 2 N–H and O–H groups in total. The Morgan fingerprint density at radius 2 is 1.41 bits per heavy atom. The summed E-state index contributed by atoms with van der Waals surface area (Å²) >= 11 is 12.1. The van der Waals surface area contributed by atoms with Crippen molar-refractivity contribution < 1.29 is 0 Å². The van der Waals surface area contributed by atoms with E-state index < -0.39 is 4.84 Å². The van der Waals surface area contributed by atoms with Crippen LogP contribution in [-0.2, 0) is 6.42 Å². The van der Waals surface area contributed by atoms with Crippen molar-refractivity contribution in [3.8, 4) is 0 Å². The van der Waals surface area contributed by atoms with Gasteiger partial charge in [-0.25, -0.2) is 0 Å². The second-order valence-corrected chi connectivity index (χ2v) is 5.68. The highest BCUT2D eigenvalue weighted by Crippen LogP contribution is 2.36. The molecule has 0 heterocycles. The van der Waals surface area contributed by atoms with E-state index in [1.54, 1.807) is 0 Å². The van der Waals surface area contributed by atoms with E-state index in [1.165, 1.54) is 27.8 Å². The molecule has 0 aliphatic rings. The fourth-order valence-electron chi connectivity index (χ4n) is 2.40. The zero-order chi connectivity index (χ0) is 13.2. The van der Waals surface area contributed by atoms with Crippen molar-refractivity contribution in [1.29, 1.82) is 0 Å². The topological polar surface area (TPSA) is 26.0 Å². The van der Waals surface area contributed by atoms with Crippen LogP contribution in [0.15, 0.2) is 0 Å². The van der Waals surface area contributed by atoms with Crippen LogP contribution in [0.2, 0.25) is 0 Å². The molecule has 0 aromatic heterocycles. The summed E-state index contributed by atoms with van der Waals surface area (Å²) in [6.45, 7) is 9.22. The highest BCUT2D eigenvalue weighted by Gasteiger charge is 2.18. The molecule has 1 aromatic carbocycles. The molecule has 0 unspecified atom stereocenters. The number of hydrogen-bond donors (Lipinski definition) is 1. The molecule has 96 valence electrons. The van der Waals surface area contributed by atoms with Crippen molar-refractivity contribution in [2.75, 3.05) is 6.54 Å². The lowest BCUT2D eigenvalue weighted by molar-refractivity contribution is 0.818. The van der Waals surface area contributed by atoms with Crippen molar-refractivity contribution in [3.63, 3.8) is 0 Å².